The first-order valence-electron chi connectivity index (χ1n) is 10.3. The molecule has 0 aliphatic rings. The molecule has 2 N–H and O–H groups in total. The van der Waals surface area contributed by atoms with Crippen LogP contribution in [-0.2, 0) is 33.5 Å². The smallest absolute Gasteiger partial charge is 0.220 e. The number of carbonyl (C=O) groups is 1. The lowest BCUT2D eigenvalue weighted by atomic mass is 10.1. The summed E-state index contributed by atoms with van der Waals surface area (Å²) in [6.45, 7) is 3.92. The highest BCUT2D eigenvalue weighted by atomic mass is 35.5. The predicted octanol–water partition coefficient (Wildman–Crippen LogP) is 4.07. The van der Waals surface area contributed by atoms with E-state index in [9.17, 15) is 13.2 Å². The van der Waals surface area contributed by atoms with E-state index in [1.807, 2.05) is 30.3 Å². The second kappa shape index (κ2) is 10.8. The fourth-order valence-corrected chi connectivity index (χ4v) is 4.76. The number of hydrogen-bond acceptors (Lipinski definition) is 5. The summed E-state index contributed by atoms with van der Waals surface area (Å²) in [6.07, 6.45) is 2.21. The molecule has 0 spiro atoms. The van der Waals surface area contributed by atoms with Crippen LogP contribution in [0.1, 0.15) is 37.3 Å². The number of oxazole rings is 1. The number of aryl methyl sites for hydroxylation is 1. The number of sulfonamides is 1. The first-order chi connectivity index (χ1) is 15.2. The van der Waals surface area contributed by atoms with Crippen molar-refractivity contribution in [3.8, 4) is 11.3 Å². The lowest BCUT2D eigenvalue weighted by Gasteiger charge is -2.10. The minimum Gasteiger partial charge on any atom is -0.441 e. The molecule has 32 heavy (non-hydrogen) atoms. The van der Waals surface area contributed by atoms with E-state index in [1.165, 1.54) is 0 Å². The molecule has 1 aromatic heterocycles. The van der Waals surface area contributed by atoms with E-state index >= 15 is 0 Å². The van der Waals surface area contributed by atoms with Crippen LogP contribution in [0, 0.1) is 0 Å². The topological polar surface area (TPSA) is 101 Å². The fourth-order valence-electron chi connectivity index (χ4n) is 3.09. The predicted molar refractivity (Wildman–Crippen MR) is 124 cm³/mol. The Kier molecular flexibility index (Phi) is 8.06. The Hall–Kier alpha value is -2.68. The molecule has 1 amide bonds. The molecule has 7 nitrogen and oxygen atoms in total. The van der Waals surface area contributed by atoms with Gasteiger partial charge in [0, 0.05) is 31.0 Å². The summed E-state index contributed by atoms with van der Waals surface area (Å²) in [7, 11) is -3.37. The summed E-state index contributed by atoms with van der Waals surface area (Å²) in [5.74, 6) is 0.826. The maximum Gasteiger partial charge on any atom is 0.220 e. The first-order valence-corrected chi connectivity index (χ1v) is 12.3. The number of benzene rings is 2. The summed E-state index contributed by atoms with van der Waals surface area (Å²) in [5.41, 5.74) is 2.33. The van der Waals surface area contributed by atoms with Gasteiger partial charge >= 0.3 is 0 Å². The molecule has 0 aliphatic carbocycles. The van der Waals surface area contributed by atoms with Crippen molar-refractivity contribution < 1.29 is 17.6 Å². The molecule has 2 aromatic carbocycles. The van der Waals surface area contributed by atoms with Crippen molar-refractivity contribution in [1.82, 2.24) is 15.0 Å². The normalized spacial score (nSPS) is 11.6. The van der Waals surface area contributed by atoms with Crippen molar-refractivity contribution in [3.05, 3.63) is 76.8 Å². The number of hydrogen-bond donors (Lipinski definition) is 2. The van der Waals surface area contributed by atoms with E-state index in [-0.39, 0.29) is 24.1 Å². The molecule has 170 valence electrons. The third kappa shape index (κ3) is 7.19. The van der Waals surface area contributed by atoms with Gasteiger partial charge in [0.05, 0.1) is 17.0 Å². The Morgan fingerprint density at radius 1 is 1.09 bits per heavy atom. The van der Waals surface area contributed by atoms with Crippen molar-refractivity contribution in [3.63, 3.8) is 0 Å². The van der Waals surface area contributed by atoms with Crippen LogP contribution in [0.15, 0.2) is 59.1 Å². The molecule has 0 saturated heterocycles. The third-order valence-electron chi connectivity index (χ3n) is 4.54. The Morgan fingerprint density at radius 2 is 1.78 bits per heavy atom. The van der Waals surface area contributed by atoms with Crippen LogP contribution in [0.25, 0.3) is 11.3 Å². The summed E-state index contributed by atoms with van der Waals surface area (Å²) in [6, 6.07) is 14.3. The average molecular weight is 476 g/mol. The second-order valence-electron chi connectivity index (χ2n) is 7.72. The largest absolute Gasteiger partial charge is 0.441 e. The molecule has 0 unspecified atom stereocenters. The SMILES string of the molecule is CC(C)NS(=O)(=O)Cc1ccc(CNC(=O)CCc2ncc(-c3ccccc3Cl)o2)cc1. The van der Waals surface area contributed by atoms with Gasteiger partial charge in [0.1, 0.15) is 0 Å². The minimum atomic E-state index is -3.37. The zero-order valence-corrected chi connectivity index (χ0v) is 19.5. The standard InChI is InChI=1S/C23H26ClN3O4S/c1-16(2)27-32(29,30)15-18-9-7-17(8-10-18)13-25-22(28)11-12-23-26-14-21(31-23)19-5-3-4-6-20(19)24/h3-10,14,16,27H,11-13,15H2,1-2H3,(H,25,28). The lowest BCUT2D eigenvalue weighted by Crippen LogP contribution is -2.31. The lowest BCUT2D eigenvalue weighted by molar-refractivity contribution is -0.121. The average Bonchev–Trinajstić information content (AvgIpc) is 3.19. The van der Waals surface area contributed by atoms with Gasteiger partial charge in [-0.15, -0.1) is 0 Å². The monoisotopic (exact) mass is 475 g/mol. The van der Waals surface area contributed by atoms with E-state index in [0.717, 1.165) is 11.1 Å². The number of nitrogens with zero attached hydrogens (tertiary/aromatic N) is 1. The summed E-state index contributed by atoms with van der Waals surface area (Å²) in [4.78, 5) is 16.4. The van der Waals surface area contributed by atoms with Crippen LogP contribution in [0.2, 0.25) is 5.02 Å². The van der Waals surface area contributed by atoms with E-state index in [0.29, 0.717) is 35.2 Å². The van der Waals surface area contributed by atoms with Gasteiger partial charge in [-0.3, -0.25) is 4.79 Å². The molecular formula is C23H26ClN3O4S. The van der Waals surface area contributed by atoms with Gasteiger partial charge < -0.3 is 9.73 Å². The number of nitrogens with one attached hydrogen (secondary N) is 2. The molecule has 9 heteroatoms. The Labute approximate surface area is 193 Å². The number of halogens is 1. The quantitative estimate of drug-likeness (QED) is 0.460. The molecule has 0 radical (unpaired) electrons. The number of amides is 1. The molecule has 0 bridgehead atoms. The molecule has 3 aromatic rings. The second-order valence-corrected chi connectivity index (χ2v) is 9.88. The van der Waals surface area contributed by atoms with E-state index in [4.69, 9.17) is 16.0 Å². The molecule has 0 fully saturated rings. The zero-order valence-electron chi connectivity index (χ0n) is 18.0. The van der Waals surface area contributed by atoms with Gasteiger partial charge in [0.25, 0.3) is 0 Å². The maximum absolute atomic E-state index is 12.2. The number of aromatic nitrogens is 1. The Balaban J connectivity index is 1.46. The van der Waals surface area contributed by atoms with Crippen LogP contribution in [0.4, 0.5) is 0 Å². The van der Waals surface area contributed by atoms with Crippen LogP contribution in [-0.4, -0.2) is 25.4 Å². The minimum absolute atomic E-state index is 0.0792. The Morgan fingerprint density at radius 3 is 2.47 bits per heavy atom. The molecule has 3 rings (SSSR count). The van der Waals surface area contributed by atoms with Crippen molar-refractivity contribution in [1.29, 1.82) is 0 Å². The molecule has 0 saturated carbocycles. The van der Waals surface area contributed by atoms with E-state index in [1.54, 1.807) is 38.2 Å². The van der Waals surface area contributed by atoms with E-state index < -0.39 is 10.0 Å². The van der Waals surface area contributed by atoms with Crippen molar-refractivity contribution in [2.75, 3.05) is 0 Å². The van der Waals surface area contributed by atoms with Gasteiger partial charge in [0.2, 0.25) is 15.9 Å². The first kappa shape index (κ1) is 24.0. The molecule has 1 heterocycles. The fraction of sp³-hybridized carbons (Fsp3) is 0.304. The van der Waals surface area contributed by atoms with Gasteiger partial charge in [0.15, 0.2) is 11.7 Å². The van der Waals surface area contributed by atoms with Gasteiger partial charge in [-0.2, -0.15) is 0 Å². The summed E-state index contributed by atoms with van der Waals surface area (Å²) in [5, 5.41) is 3.43. The highest BCUT2D eigenvalue weighted by molar-refractivity contribution is 7.88. The van der Waals surface area contributed by atoms with Gasteiger partial charge in [-0.25, -0.2) is 18.1 Å². The highest BCUT2D eigenvalue weighted by Crippen LogP contribution is 2.28. The van der Waals surface area contributed by atoms with Crippen LogP contribution in [0.5, 0.6) is 0 Å². The number of carbonyl (C=O) groups excluding carboxylic acids is 1. The van der Waals surface area contributed by atoms with Crippen LogP contribution < -0.4 is 10.0 Å². The Bertz CT molecular complexity index is 1160. The summed E-state index contributed by atoms with van der Waals surface area (Å²) < 4.78 is 32.3. The molecule has 0 atom stereocenters. The van der Waals surface area contributed by atoms with Gasteiger partial charge in [-0.1, -0.05) is 48.0 Å². The van der Waals surface area contributed by atoms with Crippen molar-refractivity contribution in [2.45, 2.75) is 45.0 Å². The molecular weight excluding hydrogens is 450 g/mol. The highest BCUT2D eigenvalue weighted by Gasteiger charge is 2.13. The van der Waals surface area contributed by atoms with Crippen LogP contribution in [0.3, 0.4) is 0 Å². The third-order valence-corrected chi connectivity index (χ3v) is 6.42. The van der Waals surface area contributed by atoms with E-state index in [2.05, 4.69) is 15.0 Å². The summed E-state index contributed by atoms with van der Waals surface area (Å²) >= 11 is 6.17. The zero-order chi connectivity index (χ0) is 23.1. The van der Waals surface area contributed by atoms with Gasteiger partial charge in [-0.05, 0) is 37.1 Å². The van der Waals surface area contributed by atoms with Crippen LogP contribution >= 0.6 is 11.6 Å². The number of rotatable bonds is 10. The van der Waals surface area contributed by atoms with Crippen molar-refractivity contribution in [2.24, 2.45) is 0 Å². The molecule has 0 aliphatic heterocycles. The van der Waals surface area contributed by atoms with Crippen molar-refractivity contribution >= 4 is 27.5 Å². The maximum atomic E-state index is 12.2.